The van der Waals surface area contributed by atoms with E-state index in [1.165, 1.54) is 30.3 Å². The van der Waals surface area contributed by atoms with E-state index < -0.39 is 32.7 Å². The standard InChI is InChI=1S/C24H18O7S/c25-22(26)21(19-13-5-9-15-7-1-3-11-17(15)19)24(23(27)28,32(29,30)31)20-14-6-10-16-8-2-4-12-18(16)20/h1-14,21H,(H,25,26)(H,27,28)(H,29,30,31). The van der Waals surface area contributed by atoms with E-state index in [0.29, 0.717) is 16.2 Å². The zero-order chi connectivity index (χ0) is 23.1. The van der Waals surface area contributed by atoms with E-state index in [4.69, 9.17) is 0 Å². The second-order valence-corrected chi connectivity index (χ2v) is 8.98. The lowest BCUT2D eigenvalue weighted by molar-refractivity contribution is -0.149. The van der Waals surface area contributed by atoms with Crippen LogP contribution in [0.3, 0.4) is 0 Å². The normalized spacial score (nSPS) is 14.7. The molecule has 0 aromatic heterocycles. The lowest BCUT2D eigenvalue weighted by Gasteiger charge is -2.34. The summed E-state index contributed by atoms with van der Waals surface area (Å²) < 4.78 is 33.0. The minimum absolute atomic E-state index is 0.0384. The highest BCUT2D eigenvalue weighted by atomic mass is 32.2. The Morgan fingerprint density at radius 3 is 1.78 bits per heavy atom. The molecule has 0 saturated carbocycles. The van der Waals surface area contributed by atoms with E-state index in [0.717, 1.165) is 0 Å². The van der Waals surface area contributed by atoms with Crippen LogP contribution in [0.2, 0.25) is 0 Å². The van der Waals surface area contributed by atoms with E-state index >= 15 is 0 Å². The number of aliphatic carboxylic acids is 2. The van der Waals surface area contributed by atoms with Crippen molar-refractivity contribution in [3.63, 3.8) is 0 Å². The van der Waals surface area contributed by atoms with Gasteiger partial charge in [-0.2, -0.15) is 8.42 Å². The molecule has 8 heteroatoms. The number of carboxylic acid groups (broad SMARTS) is 2. The topological polar surface area (TPSA) is 129 Å². The van der Waals surface area contributed by atoms with Crippen LogP contribution in [0, 0.1) is 0 Å². The molecule has 4 aromatic carbocycles. The first kappa shape index (κ1) is 21.5. The van der Waals surface area contributed by atoms with Crippen LogP contribution in [-0.2, 0) is 24.5 Å². The fourth-order valence-electron chi connectivity index (χ4n) is 4.37. The lowest BCUT2D eigenvalue weighted by atomic mass is 9.77. The molecule has 0 radical (unpaired) electrons. The maximum Gasteiger partial charge on any atom is 0.333 e. The minimum atomic E-state index is -5.51. The van der Waals surface area contributed by atoms with Gasteiger partial charge in [-0.25, -0.2) is 0 Å². The third-order valence-corrected chi connectivity index (χ3v) is 7.15. The van der Waals surface area contributed by atoms with E-state index in [2.05, 4.69) is 0 Å². The Hall–Kier alpha value is -3.75. The largest absolute Gasteiger partial charge is 0.481 e. The SMILES string of the molecule is O=C(O)C(c1cccc2ccccc12)C(C(=O)O)(c1cccc2ccccc12)S(=O)(=O)O. The Balaban J connectivity index is 2.21. The number of hydrogen-bond donors (Lipinski definition) is 3. The average Bonchev–Trinajstić information content (AvgIpc) is 2.75. The van der Waals surface area contributed by atoms with Crippen molar-refractivity contribution in [1.82, 2.24) is 0 Å². The van der Waals surface area contributed by atoms with Crippen LogP contribution in [0.5, 0.6) is 0 Å². The molecule has 0 saturated heterocycles. The maximum absolute atomic E-state index is 12.9. The monoisotopic (exact) mass is 450 g/mol. The van der Waals surface area contributed by atoms with Crippen LogP contribution in [0.15, 0.2) is 84.9 Å². The van der Waals surface area contributed by atoms with E-state index in [1.54, 1.807) is 54.6 Å². The summed E-state index contributed by atoms with van der Waals surface area (Å²) in [6.07, 6.45) is 0. The highest BCUT2D eigenvalue weighted by Crippen LogP contribution is 2.47. The first-order chi connectivity index (χ1) is 15.2. The van der Waals surface area contributed by atoms with Gasteiger partial charge in [-0.15, -0.1) is 0 Å². The van der Waals surface area contributed by atoms with Gasteiger partial charge < -0.3 is 10.2 Å². The molecule has 3 N–H and O–H groups in total. The Morgan fingerprint density at radius 2 is 1.22 bits per heavy atom. The molecule has 7 nitrogen and oxygen atoms in total. The summed E-state index contributed by atoms with van der Waals surface area (Å²) in [5.74, 6) is -5.84. The lowest BCUT2D eigenvalue weighted by Crippen LogP contribution is -2.51. The molecule has 0 aliphatic heterocycles. The number of fused-ring (bicyclic) bond motifs is 2. The first-order valence-corrected chi connectivity index (χ1v) is 11.0. The summed E-state index contributed by atoms with van der Waals surface area (Å²) in [6.45, 7) is 0. The van der Waals surface area contributed by atoms with Crippen LogP contribution >= 0.6 is 0 Å². The second kappa shape index (κ2) is 7.74. The van der Waals surface area contributed by atoms with Gasteiger partial charge in [-0.3, -0.25) is 14.1 Å². The smallest absolute Gasteiger partial charge is 0.333 e. The van der Waals surface area contributed by atoms with Gasteiger partial charge in [-0.05, 0) is 32.7 Å². The molecule has 4 rings (SSSR count). The molecule has 32 heavy (non-hydrogen) atoms. The van der Waals surface area contributed by atoms with Gasteiger partial charge in [0.1, 0.15) is 5.92 Å². The zero-order valence-corrected chi connectivity index (χ0v) is 17.4. The molecule has 2 unspecified atom stereocenters. The van der Waals surface area contributed by atoms with E-state index in [9.17, 15) is 32.8 Å². The number of carbonyl (C=O) groups is 2. The summed E-state index contributed by atoms with van der Waals surface area (Å²) in [7, 11) is -5.51. The highest BCUT2D eigenvalue weighted by molar-refractivity contribution is 7.87. The molecule has 2 atom stereocenters. The summed E-state index contributed by atoms with van der Waals surface area (Å²) in [5.41, 5.74) is -0.366. The molecule has 162 valence electrons. The molecule has 0 fully saturated rings. The van der Waals surface area contributed by atoms with Crippen molar-refractivity contribution >= 4 is 43.6 Å². The molecule has 0 aliphatic carbocycles. The van der Waals surface area contributed by atoms with Gasteiger partial charge in [0.05, 0.1) is 0 Å². The fraction of sp³-hybridized carbons (Fsp3) is 0.0833. The molecule has 4 aromatic rings. The Morgan fingerprint density at radius 1 is 0.719 bits per heavy atom. The van der Waals surface area contributed by atoms with Crippen molar-refractivity contribution in [3.05, 3.63) is 96.1 Å². The quantitative estimate of drug-likeness (QED) is 0.378. The number of hydrogen-bond acceptors (Lipinski definition) is 4. The van der Waals surface area contributed by atoms with Crippen LogP contribution < -0.4 is 0 Å². The predicted molar refractivity (Wildman–Crippen MR) is 119 cm³/mol. The summed E-state index contributed by atoms with van der Waals surface area (Å²) >= 11 is 0. The number of carboxylic acids is 2. The van der Waals surface area contributed by atoms with Crippen molar-refractivity contribution < 1.29 is 32.8 Å². The van der Waals surface area contributed by atoms with Crippen molar-refractivity contribution in [2.24, 2.45) is 0 Å². The Kier molecular flexibility index (Phi) is 5.20. The van der Waals surface area contributed by atoms with Crippen LogP contribution in [0.4, 0.5) is 0 Å². The molecule has 0 bridgehead atoms. The molecule has 0 amide bonds. The van der Waals surface area contributed by atoms with Crippen molar-refractivity contribution in [3.8, 4) is 0 Å². The Bertz CT molecular complexity index is 1470. The first-order valence-electron chi connectivity index (χ1n) is 9.58. The fourth-order valence-corrected chi connectivity index (χ4v) is 5.57. The average molecular weight is 450 g/mol. The summed E-state index contributed by atoms with van der Waals surface area (Å²) in [4.78, 5) is 25.4. The molecule has 0 spiro atoms. The van der Waals surface area contributed by atoms with Gasteiger partial charge in [0, 0.05) is 0 Å². The number of rotatable bonds is 6. The maximum atomic E-state index is 12.9. The summed E-state index contributed by atoms with van der Waals surface area (Å²) in [6, 6.07) is 21.9. The third-order valence-electron chi connectivity index (χ3n) is 5.70. The highest BCUT2D eigenvalue weighted by Gasteiger charge is 2.62. The predicted octanol–water partition coefficient (Wildman–Crippen LogP) is 4.03. The van der Waals surface area contributed by atoms with Crippen LogP contribution in [0.25, 0.3) is 21.5 Å². The van der Waals surface area contributed by atoms with Crippen molar-refractivity contribution in [1.29, 1.82) is 0 Å². The van der Waals surface area contributed by atoms with E-state index in [1.807, 2.05) is 0 Å². The van der Waals surface area contributed by atoms with Gasteiger partial charge >= 0.3 is 11.9 Å². The molecular formula is C24H18O7S. The van der Waals surface area contributed by atoms with Crippen LogP contribution in [-0.4, -0.2) is 35.1 Å². The van der Waals surface area contributed by atoms with Gasteiger partial charge in [-0.1, -0.05) is 84.9 Å². The van der Waals surface area contributed by atoms with Crippen molar-refractivity contribution in [2.45, 2.75) is 10.7 Å². The van der Waals surface area contributed by atoms with Crippen LogP contribution in [0.1, 0.15) is 17.0 Å². The number of benzene rings is 4. The second-order valence-electron chi connectivity index (χ2n) is 7.38. The molecular weight excluding hydrogens is 432 g/mol. The van der Waals surface area contributed by atoms with E-state index in [-0.39, 0.29) is 16.5 Å². The summed E-state index contributed by atoms with van der Waals surface area (Å²) in [5, 5.41) is 22.2. The van der Waals surface area contributed by atoms with Gasteiger partial charge in [0.2, 0.25) is 4.75 Å². The van der Waals surface area contributed by atoms with Gasteiger partial charge in [0.25, 0.3) is 10.1 Å². The molecule has 0 heterocycles. The van der Waals surface area contributed by atoms with Gasteiger partial charge in [0.15, 0.2) is 0 Å². The molecule has 0 aliphatic rings. The third kappa shape index (κ3) is 3.12. The minimum Gasteiger partial charge on any atom is -0.481 e. The zero-order valence-electron chi connectivity index (χ0n) is 16.5. The Labute approximate surface area is 183 Å². The van der Waals surface area contributed by atoms with Crippen molar-refractivity contribution in [2.75, 3.05) is 0 Å².